The van der Waals surface area contributed by atoms with Crippen molar-refractivity contribution in [3.63, 3.8) is 0 Å². The van der Waals surface area contributed by atoms with E-state index >= 15 is 0 Å². The first kappa shape index (κ1) is 18.6. The number of hydrogen-bond donors (Lipinski definition) is 1. The minimum Gasteiger partial charge on any atom is -0.365 e. The molecule has 1 aromatic carbocycles. The lowest BCUT2D eigenvalue weighted by atomic mass is 9.97. The largest absolute Gasteiger partial charge is 0.365 e. The molecular weight excluding hydrogens is 330 g/mol. The Morgan fingerprint density at radius 3 is 2.77 bits per heavy atom. The molecule has 0 saturated heterocycles. The van der Waals surface area contributed by atoms with Crippen molar-refractivity contribution in [2.75, 3.05) is 0 Å². The van der Waals surface area contributed by atoms with Gasteiger partial charge in [-0.1, -0.05) is 61.7 Å². The van der Waals surface area contributed by atoms with Gasteiger partial charge in [-0.15, -0.1) is 0 Å². The molecule has 0 radical (unpaired) electrons. The van der Waals surface area contributed by atoms with Crippen LogP contribution in [0.2, 0.25) is 0 Å². The van der Waals surface area contributed by atoms with Crippen LogP contribution in [0.1, 0.15) is 68.8 Å². The summed E-state index contributed by atoms with van der Waals surface area (Å²) in [5, 5.41) is 6.82. The Balaban J connectivity index is 1.50. The minimum atomic E-state index is -0.188. The van der Waals surface area contributed by atoms with E-state index in [1.165, 1.54) is 19.3 Å². The smallest absolute Gasteiger partial charge is 0.255 e. The van der Waals surface area contributed by atoms with E-state index in [1.54, 1.807) is 0 Å². The third kappa shape index (κ3) is 5.39. The zero-order chi connectivity index (χ0) is 18.2. The summed E-state index contributed by atoms with van der Waals surface area (Å²) in [5.74, 6) is 0.752. The van der Waals surface area contributed by atoms with Crippen molar-refractivity contribution >= 4 is 5.91 Å². The molecule has 1 fully saturated rings. The number of nitrogens with one attached hydrogen (secondary N) is 1. The second-order valence-electron chi connectivity index (χ2n) is 6.78. The highest BCUT2D eigenvalue weighted by Crippen LogP contribution is 2.28. The van der Waals surface area contributed by atoms with Crippen LogP contribution in [0, 0.1) is 0 Å². The molecule has 1 heterocycles. The van der Waals surface area contributed by atoms with Gasteiger partial charge in [0, 0.05) is 6.54 Å². The molecule has 140 valence electrons. The van der Waals surface area contributed by atoms with Gasteiger partial charge in [-0.2, -0.15) is 4.98 Å². The predicted molar refractivity (Wildman–Crippen MR) is 97.3 cm³/mol. The monoisotopic (exact) mass is 357 g/mol. The minimum absolute atomic E-state index is 0.107. The summed E-state index contributed by atoms with van der Waals surface area (Å²) in [6, 6.07) is 9.79. The number of carbonyl (C=O) groups excluding carboxylic acids is 1. The second-order valence-corrected chi connectivity index (χ2v) is 6.78. The molecule has 0 aliphatic heterocycles. The van der Waals surface area contributed by atoms with Crippen molar-refractivity contribution in [3.8, 4) is 0 Å². The number of aromatic nitrogens is 2. The molecule has 0 spiro atoms. The molecule has 1 amide bonds. The van der Waals surface area contributed by atoms with Gasteiger partial charge >= 0.3 is 0 Å². The lowest BCUT2D eigenvalue weighted by Crippen LogP contribution is -2.25. The molecule has 2 aromatic rings. The van der Waals surface area contributed by atoms with Crippen molar-refractivity contribution in [3.05, 3.63) is 47.6 Å². The highest BCUT2D eigenvalue weighted by Gasteiger charge is 2.24. The van der Waals surface area contributed by atoms with Crippen molar-refractivity contribution in [1.29, 1.82) is 0 Å². The van der Waals surface area contributed by atoms with Gasteiger partial charge in [-0.3, -0.25) is 4.79 Å². The third-order valence-electron chi connectivity index (χ3n) is 4.69. The normalized spacial score (nSPS) is 16.3. The summed E-state index contributed by atoms with van der Waals surface area (Å²) in [4.78, 5) is 16.5. The maximum atomic E-state index is 12.1. The number of benzene rings is 1. The van der Waals surface area contributed by atoms with Gasteiger partial charge in [-0.25, -0.2) is 0 Å². The number of amides is 1. The Morgan fingerprint density at radius 2 is 2.04 bits per heavy atom. The first-order valence-electron chi connectivity index (χ1n) is 9.53. The molecule has 1 unspecified atom stereocenters. The van der Waals surface area contributed by atoms with Gasteiger partial charge in [-0.05, 0) is 24.8 Å². The van der Waals surface area contributed by atoms with E-state index in [0.29, 0.717) is 18.3 Å². The first-order chi connectivity index (χ1) is 12.7. The zero-order valence-corrected chi connectivity index (χ0v) is 15.3. The molecular formula is C20H27N3O3. The molecule has 1 saturated carbocycles. The zero-order valence-electron chi connectivity index (χ0n) is 15.3. The molecule has 1 aliphatic rings. The van der Waals surface area contributed by atoms with E-state index in [0.717, 1.165) is 24.8 Å². The summed E-state index contributed by atoms with van der Waals surface area (Å²) in [7, 11) is 0. The molecule has 1 aliphatic carbocycles. The van der Waals surface area contributed by atoms with E-state index in [4.69, 9.17) is 9.26 Å². The third-order valence-corrected chi connectivity index (χ3v) is 4.69. The van der Waals surface area contributed by atoms with Gasteiger partial charge in [0.15, 0.2) is 5.82 Å². The average Bonchev–Trinajstić information content (AvgIpc) is 3.14. The van der Waals surface area contributed by atoms with E-state index in [-0.39, 0.29) is 24.5 Å². The lowest BCUT2D eigenvalue weighted by molar-refractivity contribution is -0.120. The van der Waals surface area contributed by atoms with E-state index < -0.39 is 0 Å². The number of carbonyl (C=O) groups is 1. The summed E-state index contributed by atoms with van der Waals surface area (Å²) >= 11 is 0. The number of hydrogen-bond acceptors (Lipinski definition) is 5. The van der Waals surface area contributed by atoms with E-state index in [1.807, 2.05) is 37.3 Å². The summed E-state index contributed by atoms with van der Waals surface area (Å²) in [6.07, 6.45) is 6.90. The van der Waals surface area contributed by atoms with E-state index in [9.17, 15) is 4.79 Å². The van der Waals surface area contributed by atoms with Crippen LogP contribution >= 0.6 is 0 Å². The molecule has 1 N–H and O–H groups in total. The van der Waals surface area contributed by atoms with Crippen LogP contribution in [0.5, 0.6) is 0 Å². The SMILES string of the molecule is CCC(OC1CCCCC1)c1nc(CC(=O)NCc2ccccc2)no1. The van der Waals surface area contributed by atoms with Crippen LogP contribution < -0.4 is 5.32 Å². The maximum absolute atomic E-state index is 12.1. The molecule has 1 atom stereocenters. The van der Waals surface area contributed by atoms with Crippen molar-refractivity contribution < 1.29 is 14.1 Å². The maximum Gasteiger partial charge on any atom is 0.255 e. The van der Waals surface area contributed by atoms with Gasteiger partial charge in [0.25, 0.3) is 5.89 Å². The predicted octanol–water partition coefficient (Wildman–Crippen LogP) is 3.73. The molecule has 6 nitrogen and oxygen atoms in total. The van der Waals surface area contributed by atoms with Gasteiger partial charge in [0.2, 0.25) is 5.91 Å². The van der Waals surface area contributed by atoms with Crippen LogP contribution in [0.15, 0.2) is 34.9 Å². The van der Waals surface area contributed by atoms with Crippen LogP contribution in [-0.4, -0.2) is 22.2 Å². The summed E-state index contributed by atoms with van der Waals surface area (Å²) in [5.41, 5.74) is 1.06. The topological polar surface area (TPSA) is 77.2 Å². The van der Waals surface area contributed by atoms with Crippen molar-refractivity contribution in [1.82, 2.24) is 15.5 Å². The molecule has 0 bridgehead atoms. The summed E-state index contributed by atoms with van der Waals surface area (Å²) < 4.78 is 11.5. The Hall–Kier alpha value is -2.21. The van der Waals surface area contributed by atoms with Crippen LogP contribution in [0.4, 0.5) is 0 Å². The fraction of sp³-hybridized carbons (Fsp3) is 0.550. The molecule has 3 rings (SSSR count). The van der Waals surface area contributed by atoms with Gasteiger partial charge in [0.05, 0.1) is 12.5 Å². The number of nitrogens with zero attached hydrogens (tertiary/aromatic N) is 2. The van der Waals surface area contributed by atoms with Crippen molar-refractivity contribution in [2.45, 2.75) is 70.6 Å². The van der Waals surface area contributed by atoms with E-state index in [2.05, 4.69) is 15.5 Å². The highest BCUT2D eigenvalue weighted by atomic mass is 16.5. The Bertz CT molecular complexity index is 681. The quantitative estimate of drug-likeness (QED) is 0.779. The van der Waals surface area contributed by atoms with Gasteiger partial charge < -0.3 is 14.6 Å². The fourth-order valence-corrected chi connectivity index (χ4v) is 3.24. The average molecular weight is 357 g/mol. The van der Waals surface area contributed by atoms with Crippen LogP contribution in [-0.2, 0) is 22.5 Å². The van der Waals surface area contributed by atoms with Gasteiger partial charge in [0.1, 0.15) is 6.10 Å². The number of rotatable bonds is 8. The fourth-order valence-electron chi connectivity index (χ4n) is 3.24. The second kappa shape index (κ2) is 9.48. The number of ether oxygens (including phenoxy) is 1. The van der Waals surface area contributed by atoms with Crippen LogP contribution in [0.3, 0.4) is 0 Å². The van der Waals surface area contributed by atoms with Crippen LogP contribution in [0.25, 0.3) is 0 Å². The molecule has 1 aromatic heterocycles. The summed E-state index contributed by atoms with van der Waals surface area (Å²) in [6.45, 7) is 2.54. The lowest BCUT2D eigenvalue weighted by Gasteiger charge is -2.25. The Morgan fingerprint density at radius 1 is 1.27 bits per heavy atom. The highest BCUT2D eigenvalue weighted by molar-refractivity contribution is 5.77. The molecule has 6 heteroatoms. The van der Waals surface area contributed by atoms with Crippen molar-refractivity contribution in [2.24, 2.45) is 0 Å². The molecule has 26 heavy (non-hydrogen) atoms. The Labute approximate surface area is 154 Å². The Kier molecular flexibility index (Phi) is 6.77. The first-order valence-corrected chi connectivity index (χ1v) is 9.53. The standard InChI is InChI=1S/C20H27N3O3/c1-2-17(25-16-11-7-4-8-12-16)20-22-18(23-26-20)13-19(24)21-14-15-9-5-3-6-10-15/h3,5-6,9-10,16-17H,2,4,7-8,11-14H2,1H3,(H,21,24).